The maximum Gasteiger partial charge on any atom is 0.277 e. The highest BCUT2D eigenvalue weighted by atomic mass is 16.3. The van der Waals surface area contributed by atoms with Crippen LogP contribution >= 0.6 is 0 Å². The number of carbonyl (C=O) groups excluding carboxylic acids is 1. The average Bonchev–Trinajstić information content (AvgIpc) is 3.06. The second-order valence-corrected chi connectivity index (χ2v) is 5.88. The Morgan fingerprint density at radius 2 is 2.05 bits per heavy atom. The highest BCUT2D eigenvalue weighted by molar-refractivity contribution is 5.95. The van der Waals surface area contributed by atoms with E-state index in [1.165, 1.54) is 0 Å². The summed E-state index contributed by atoms with van der Waals surface area (Å²) in [5.41, 5.74) is 1.09. The van der Waals surface area contributed by atoms with Gasteiger partial charge >= 0.3 is 0 Å². The first kappa shape index (κ1) is 16.7. The Kier molecular flexibility index (Phi) is 5.71. The number of carbonyl (C=O) groups is 1. The van der Waals surface area contributed by atoms with Gasteiger partial charge in [0.25, 0.3) is 11.5 Å². The van der Waals surface area contributed by atoms with Gasteiger partial charge in [-0.1, -0.05) is 26.7 Å². The van der Waals surface area contributed by atoms with Crippen molar-refractivity contribution in [1.82, 2.24) is 15.5 Å². The summed E-state index contributed by atoms with van der Waals surface area (Å²) in [5.74, 6) is -0.167. The van der Waals surface area contributed by atoms with Crippen LogP contribution in [0, 0.1) is 5.92 Å². The Hall–Kier alpha value is -1.69. The molecule has 1 unspecified atom stereocenters. The van der Waals surface area contributed by atoms with Gasteiger partial charge in [0, 0.05) is 6.54 Å². The minimum Gasteiger partial charge on any atom is -0.391 e. The number of amides is 1. The van der Waals surface area contributed by atoms with Crippen LogP contribution in [0.25, 0.3) is 0 Å². The van der Waals surface area contributed by atoms with Crippen molar-refractivity contribution in [2.75, 3.05) is 6.54 Å². The normalized spacial score (nSPS) is 16.7. The first-order valence-corrected chi connectivity index (χ1v) is 8.15. The van der Waals surface area contributed by atoms with Crippen molar-refractivity contribution in [1.29, 1.82) is 0 Å². The molecule has 1 aromatic rings. The minimum atomic E-state index is -0.539. The number of aromatic amines is 1. The highest BCUT2D eigenvalue weighted by Gasteiger charge is 2.25. The number of aryl methyl sites for hydroxylation is 1. The van der Waals surface area contributed by atoms with Crippen LogP contribution in [-0.4, -0.2) is 33.9 Å². The molecule has 6 heteroatoms. The summed E-state index contributed by atoms with van der Waals surface area (Å²) in [6.07, 6.45) is 4.99. The number of nitrogens with one attached hydrogen (secondary N) is 2. The van der Waals surface area contributed by atoms with Crippen LogP contribution < -0.4 is 10.9 Å². The van der Waals surface area contributed by atoms with E-state index in [0.29, 0.717) is 18.4 Å². The molecule has 0 aromatic carbocycles. The van der Waals surface area contributed by atoms with Crippen molar-refractivity contribution < 1.29 is 9.90 Å². The van der Waals surface area contributed by atoms with Crippen LogP contribution in [0.3, 0.4) is 0 Å². The van der Waals surface area contributed by atoms with Crippen molar-refractivity contribution in [3.8, 4) is 0 Å². The van der Waals surface area contributed by atoms with Crippen LogP contribution in [-0.2, 0) is 12.8 Å². The smallest absolute Gasteiger partial charge is 0.277 e. The summed E-state index contributed by atoms with van der Waals surface area (Å²) in [5, 5.41) is 19.2. The van der Waals surface area contributed by atoms with Crippen LogP contribution in [0.15, 0.2) is 4.79 Å². The number of aliphatic hydroxyl groups is 1. The first-order chi connectivity index (χ1) is 10.6. The monoisotopic (exact) mass is 307 g/mol. The number of aromatic nitrogens is 2. The van der Waals surface area contributed by atoms with Gasteiger partial charge in [-0.2, -0.15) is 5.10 Å². The van der Waals surface area contributed by atoms with Gasteiger partial charge in [0.1, 0.15) is 5.56 Å². The van der Waals surface area contributed by atoms with Crippen molar-refractivity contribution in [2.45, 2.75) is 58.5 Å². The van der Waals surface area contributed by atoms with Crippen molar-refractivity contribution in [2.24, 2.45) is 5.92 Å². The van der Waals surface area contributed by atoms with Crippen LogP contribution in [0.1, 0.15) is 61.1 Å². The molecule has 6 nitrogen and oxygen atoms in total. The largest absolute Gasteiger partial charge is 0.391 e. The lowest BCUT2D eigenvalue weighted by molar-refractivity contribution is 0.0838. The van der Waals surface area contributed by atoms with Crippen molar-refractivity contribution in [3.63, 3.8) is 0 Å². The number of hydrogen-bond acceptors (Lipinski definition) is 4. The quantitative estimate of drug-likeness (QED) is 0.735. The molecule has 0 spiro atoms. The molecule has 122 valence electrons. The molecule has 2 rings (SSSR count). The maximum absolute atomic E-state index is 12.4. The van der Waals surface area contributed by atoms with E-state index in [0.717, 1.165) is 31.4 Å². The second-order valence-electron chi connectivity index (χ2n) is 5.88. The predicted molar refractivity (Wildman–Crippen MR) is 83.9 cm³/mol. The lowest BCUT2D eigenvalue weighted by Crippen LogP contribution is -2.39. The van der Waals surface area contributed by atoms with E-state index in [1.807, 2.05) is 13.8 Å². The Balaban J connectivity index is 2.10. The molecular weight excluding hydrogens is 282 g/mol. The molecule has 0 aliphatic heterocycles. The summed E-state index contributed by atoms with van der Waals surface area (Å²) < 4.78 is 0. The molecule has 1 fully saturated rings. The molecule has 1 aliphatic carbocycles. The summed E-state index contributed by atoms with van der Waals surface area (Å²) in [6, 6.07) is 0. The molecule has 22 heavy (non-hydrogen) atoms. The zero-order valence-corrected chi connectivity index (χ0v) is 13.3. The van der Waals surface area contributed by atoms with E-state index in [2.05, 4.69) is 15.5 Å². The van der Waals surface area contributed by atoms with Gasteiger partial charge in [0.2, 0.25) is 0 Å². The standard InChI is InChI=1S/C16H25N3O3/c1-3-11-12(4-2)18-19-16(22)14(11)15(21)17-9-13(20)10-7-5-6-8-10/h10,13,20H,3-9H2,1-2H3,(H,17,21)(H,19,22). The third-order valence-electron chi connectivity index (χ3n) is 4.50. The van der Waals surface area contributed by atoms with Crippen molar-refractivity contribution in [3.05, 3.63) is 27.2 Å². The van der Waals surface area contributed by atoms with Crippen LogP contribution in [0.2, 0.25) is 0 Å². The Morgan fingerprint density at radius 1 is 1.36 bits per heavy atom. The molecular formula is C16H25N3O3. The number of rotatable bonds is 6. The molecule has 1 amide bonds. The predicted octanol–water partition coefficient (Wildman–Crippen LogP) is 1.18. The van der Waals surface area contributed by atoms with Gasteiger partial charge in [0.15, 0.2) is 0 Å². The van der Waals surface area contributed by atoms with E-state index in [4.69, 9.17) is 0 Å². The molecule has 1 saturated carbocycles. The van der Waals surface area contributed by atoms with E-state index in [-0.39, 0.29) is 18.0 Å². The summed E-state index contributed by atoms with van der Waals surface area (Å²) in [6.45, 7) is 4.03. The molecule has 1 heterocycles. The Morgan fingerprint density at radius 3 is 2.64 bits per heavy atom. The van der Waals surface area contributed by atoms with E-state index in [9.17, 15) is 14.7 Å². The zero-order valence-electron chi connectivity index (χ0n) is 13.3. The third kappa shape index (κ3) is 3.55. The van der Waals surface area contributed by atoms with E-state index in [1.54, 1.807) is 0 Å². The zero-order chi connectivity index (χ0) is 16.1. The Bertz CT molecular complexity index is 576. The van der Waals surface area contributed by atoms with Gasteiger partial charge in [-0.3, -0.25) is 9.59 Å². The number of H-pyrrole nitrogens is 1. The van der Waals surface area contributed by atoms with Gasteiger partial charge in [-0.15, -0.1) is 0 Å². The molecule has 1 aliphatic rings. The molecule has 1 aromatic heterocycles. The number of aliphatic hydroxyl groups excluding tert-OH is 1. The third-order valence-corrected chi connectivity index (χ3v) is 4.50. The molecule has 3 N–H and O–H groups in total. The summed E-state index contributed by atoms with van der Waals surface area (Å²) in [7, 11) is 0. The van der Waals surface area contributed by atoms with Gasteiger partial charge in [-0.25, -0.2) is 5.10 Å². The second kappa shape index (κ2) is 7.54. The maximum atomic E-state index is 12.4. The fraction of sp³-hybridized carbons (Fsp3) is 0.688. The number of nitrogens with zero attached hydrogens (tertiary/aromatic N) is 1. The van der Waals surface area contributed by atoms with Gasteiger partial charge in [-0.05, 0) is 37.2 Å². The lowest BCUT2D eigenvalue weighted by Gasteiger charge is -2.18. The summed E-state index contributed by atoms with van der Waals surface area (Å²) in [4.78, 5) is 24.3. The van der Waals surface area contributed by atoms with Crippen LogP contribution in [0.4, 0.5) is 0 Å². The van der Waals surface area contributed by atoms with Gasteiger partial charge < -0.3 is 10.4 Å². The summed E-state index contributed by atoms with van der Waals surface area (Å²) >= 11 is 0. The molecule has 1 atom stereocenters. The van der Waals surface area contributed by atoms with Crippen molar-refractivity contribution >= 4 is 5.91 Å². The molecule has 0 radical (unpaired) electrons. The Labute approximate surface area is 130 Å². The minimum absolute atomic E-state index is 0.132. The average molecular weight is 307 g/mol. The molecule has 0 bridgehead atoms. The topological polar surface area (TPSA) is 95.1 Å². The molecule has 0 saturated heterocycles. The highest BCUT2D eigenvalue weighted by Crippen LogP contribution is 2.27. The number of hydrogen-bond donors (Lipinski definition) is 3. The SMILES string of the molecule is CCc1n[nH]c(=O)c(C(=O)NCC(O)C2CCCC2)c1CC. The fourth-order valence-electron chi connectivity index (χ4n) is 3.23. The van der Waals surface area contributed by atoms with Gasteiger partial charge in [0.05, 0.1) is 11.8 Å². The fourth-order valence-corrected chi connectivity index (χ4v) is 3.23. The van der Waals surface area contributed by atoms with Crippen LogP contribution in [0.5, 0.6) is 0 Å². The first-order valence-electron chi connectivity index (χ1n) is 8.15. The van der Waals surface area contributed by atoms with E-state index < -0.39 is 17.6 Å². The lowest BCUT2D eigenvalue weighted by atomic mass is 10.0. The van der Waals surface area contributed by atoms with E-state index >= 15 is 0 Å².